The number of piperazine rings is 1. The number of halogens is 2. The van der Waals surface area contributed by atoms with Crippen LogP contribution in [0.15, 0.2) is 78.9 Å². The van der Waals surface area contributed by atoms with E-state index in [0.717, 1.165) is 24.3 Å². The molecule has 0 atom stereocenters. The van der Waals surface area contributed by atoms with Gasteiger partial charge in [0.1, 0.15) is 5.75 Å². The smallest absolute Gasteiger partial charge is 0.248 e. The molecule has 0 bridgehead atoms. The van der Waals surface area contributed by atoms with Crippen LogP contribution in [0.25, 0.3) is 12.2 Å². The molecule has 1 saturated heterocycles. The molecule has 1 aliphatic heterocycles. The highest BCUT2D eigenvalue weighted by Gasteiger charge is 2.20. The highest BCUT2D eigenvalue weighted by Crippen LogP contribution is 2.33. The number of anilines is 2. The first-order chi connectivity index (χ1) is 17.9. The highest BCUT2D eigenvalue weighted by molar-refractivity contribution is 6.36. The summed E-state index contributed by atoms with van der Waals surface area (Å²) in [5, 5.41) is 3.68. The van der Waals surface area contributed by atoms with Crippen molar-refractivity contribution in [1.29, 1.82) is 0 Å². The summed E-state index contributed by atoms with van der Waals surface area (Å²) in [5.41, 5.74) is 3.33. The van der Waals surface area contributed by atoms with Gasteiger partial charge < -0.3 is 19.9 Å². The summed E-state index contributed by atoms with van der Waals surface area (Å²) in [6, 6.07) is 20.7. The first-order valence-electron chi connectivity index (χ1n) is 11.8. The van der Waals surface area contributed by atoms with E-state index in [1.54, 1.807) is 24.3 Å². The van der Waals surface area contributed by atoms with Crippen LogP contribution in [0, 0.1) is 0 Å². The second-order valence-electron chi connectivity index (χ2n) is 8.44. The van der Waals surface area contributed by atoms with Gasteiger partial charge in [0.15, 0.2) is 0 Å². The van der Waals surface area contributed by atoms with E-state index in [0.29, 0.717) is 40.1 Å². The van der Waals surface area contributed by atoms with Crippen molar-refractivity contribution >= 4 is 58.5 Å². The number of rotatable bonds is 7. The molecular weight excluding hydrogens is 509 g/mol. The average molecular weight is 536 g/mol. The lowest BCUT2D eigenvalue weighted by Crippen LogP contribution is -2.48. The maximum absolute atomic E-state index is 12.5. The molecular formula is C29H27Cl2N3O3. The third-order valence-corrected chi connectivity index (χ3v) is 6.46. The fraction of sp³-hybridized carbons (Fsp3) is 0.172. The van der Waals surface area contributed by atoms with E-state index >= 15 is 0 Å². The van der Waals surface area contributed by atoms with Crippen molar-refractivity contribution in [2.24, 2.45) is 0 Å². The van der Waals surface area contributed by atoms with Gasteiger partial charge in [-0.05, 0) is 54.1 Å². The SMILES string of the molecule is COc1c(Cl)cc(Cl)cc1/C=C/C(=O)Nc1ccc(N2CCN(C(=O)/C=C/c3ccccc3)CC2)cc1. The fourth-order valence-electron chi connectivity index (χ4n) is 4.05. The van der Waals surface area contributed by atoms with Crippen LogP contribution in [-0.2, 0) is 9.59 Å². The first kappa shape index (κ1) is 26.3. The lowest BCUT2D eigenvalue weighted by Gasteiger charge is -2.35. The van der Waals surface area contributed by atoms with E-state index in [4.69, 9.17) is 27.9 Å². The van der Waals surface area contributed by atoms with Gasteiger partial charge in [-0.1, -0.05) is 53.5 Å². The van der Waals surface area contributed by atoms with Crippen LogP contribution in [-0.4, -0.2) is 50.0 Å². The quantitative estimate of drug-likeness (QED) is 0.376. The average Bonchev–Trinajstić information content (AvgIpc) is 2.91. The second kappa shape index (κ2) is 12.5. The molecule has 37 heavy (non-hydrogen) atoms. The number of nitrogens with zero attached hydrogens (tertiary/aromatic N) is 2. The highest BCUT2D eigenvalue weighted by atomic mass is 35.5. The van der Waals surface area contributed by atoms with Crippen LogP contribution in [0.1, 0.15) is 11.1 Å². The van der Waals surface area contributed by atoms with Gasteiger partial charge in [0, 0.05) is 60.3 Å². The molecule has 0 radical (unpaired) electrons. The molecule has 1 fully saturated rings. The number of ether oxygens (including phenoxy) is 1. The Morgan fingerprint density at radius 3 is 2.27 bits per heavy atom. The van der Waals surface area contributed by atoms with E-state index < -0.39 is 0 Å². The number of benzene rings is 3. The number of carbonyl (C=O) groups is 2. The lowest BCUT2D eigenvalue weighted by molar-refractivity contribution is -0.126. The number of hydrogen-bond acceptors (Lipinski definition) is 4. The van der Waals surface area contributed by atoms with Crippen LogP contribution < -0.4 is 15.0 Å². The predicted octanol–water partition coefficient (Wildman–Crippen LogP) is 6.02. The number of carbonyl (C=O) groups excluding carboxylic acids is 2. The summed E-state index contributed by atoms with van der Waals surface area (Å²) in [5.74, 6) is 0.183. The summed E-state index contributed by atoms with van der Waals surface area (Å²) < 4.78 is 5.30. The van der Waals surface area contributed by atoms with Gasteiger partial charge >= 0.3 is 0 Å². The van der Waals surface area contributed by atoms with Crippen molar-refractivity contribution in [3.63, 3.8) is 0 Å². The van der Waals surface area contributed by atoms with Gasteiger partial charge in [0.2, 0.25) is 11.8 Å². The molecule has 0 unspecified atom stereocenters. The van der Waals surface area contributed by atoms with Crippen LogP contribution in [0.3, 0.4) is 0 Å². The molecule has 0 saturated carbocycles. The summed E-state index contributed by atoms with van der Waals surface area (Å²) in [6.45, 7) is 2.78. The van der Waals surface area contributed by atoms with Gasteiger partial charge in [0.25, 0.3) is 0 Å². The number of hydrogen-bond donors (Lipinski definition) is 1. The first-order valence-corrected chi connectivity index (χ1v) is 12.6. The Morgan fingerprint density at radius 1 is 0.892 bits per heavy atom. The van der Waals surface area contributed by atoms with Crippen LogP contribution in [0.2, 0.25) is 10.0 Å². The van der Waals surface area contributed by atoms with E-state index in [9.17, 15) is 9.59 Å². The van der Waals surface area contributed by atoms with Gasteiger partial charge in [-0.3, -0.25) is 9.59 Å². The molecule has 1 aliphatic rings. The Morgan fingerprint density at radius 2 is 1.59 bits per heavy atom. The molecule has 6 nitrogen and oxygen atoms in total. The molecule has 3 aromatic carbocycles. The van der Waals surface area contributed by atoms with Crippen LogP contribution in [0.4, 0.5) is 11.4 Å². The molecule has 190 valence electrons. The second-order valence-corrected chi connectivity index (χ2v) is 9.28. The maximum atomic E-state index is 12.5. The van der Waals surface area contributed by atoms with Crippen molar-refractivity contribution in [1.82, 2.24) is 4.90 Å². The molecule has 1 N–H and O–H groups in total. The molecule has 1 heterocycles. The minimum atomic E-state index is -0.290. The van der Waals surface area contributed by atoms with Crippen molar-refractivity contribution < 1.29 is 14.3 Å². The molecule has 0 aromatic heterocycles. The third-order valence-electron chi connectivity index (χ3n) is 5.96. The Balaban J connectivity index is 1.29. The zero-order valence-electron chi connectivity index (χ0n) is 20.4. The zero-order chi connectivity index (χ0) is 26.2. The monoisotopic (exact) mass is 535 g/mol. The Labute approximate surface area is 226 Å². The molecule has 8 heteroatoms. The largest absolute Gasteiger partial charge is 0.495 e. The summed E-state index contributed by atoms with van der Waals surface area (Å²) >= 11 is 12.2. The molecule has 2 amide bonds. The Hall–Kier alpha value is -3.74. The Bertz CT molecular complexity index is 1300. The fourth-order valence-corrected chi connectivity index (χ4v) is 4.63. The number of amides is 2. The van der Waals surface area contributed by atoms with Crippen LogP contribution >= 0.6 is 23.2 Å². The molecule has 0 aliphatic carbocycles. The van der Waals surface area contributed by atoms with E-state index in [-0.39, 0.29) is 11.8 Å². The van der Waals surface area contributed by atoms with E-state index in [1.807, 2.05) is 65.6 Å². The normalized spacial score (nSPS) is 13.8. The van der Waals surface area contributed by atoms with Gasteiger partial charge in [-0.15, -0.1) is 0 Å². The van der Waals surface area contributed by atoms with E-state index in [1.165, 1.54) is 13.2 Å². The van der Waals surface area contributed by atoms with Gasteiger partial charge in [-0.2, -0.15) is 0 Å². The van der Waals surface area contributed by atoms with Crippen molar-refractivity contribution in [3.05, 3.63) is 100 Å². The number of nitrogens with one attached hydrogen (secondary N) is 1. The minimum absolute atomic E-state index is 0.0206. The van der Waals surface area contributed by atoms with Gasteiger partial charge in [0.05, 0.1) is 12.1 Å². The third kappa shape index (κ3) is 7.15. The van der Waals surface area contributed by atoms with E-state index in [2.05, 4.69) is 10.2 Å². The standard InChI is InChI=1S/C29H27Cl2N3O3/c1-37-29-22(19-23(30)20-26(29)31)8-13-27(35)32-24-9-11-25(12-10-24)33-15-17-34(18-16-33)28(36)14-7-21-5-3-2-4-6-21/h2-14,19-20H,15-18H2,1H3,(H,32,35)/b13-8+,14-7+. The molecule has 4 rings (SSSR count). The molecule has 3 aromatic rings. The van der Waals surface area contributed by atoms with Crippen LogP contribution in [0.5, 0.6) is 5.75 Å². The number of methoxy groups -OCH3 is 1. The summed E-state index contributed by atoms with van der Waals surface area (Å²) in [6.07, 6.45) is 6.49. The predicted molar refractivity (Wildman–Crippen MR) is 151 cm³/mol. The van der Waals surface area contributed by atoms with Crippen molar-refractivity contribution in [2.45, 2.75) is 0 Å². The minimum Gasteiger partial charge on any atom is -0.495 e. The summed E-state index contributed by atoms with van der Waals surface area (Å²) in [4.78, 5) is 29.0. The zero-order valence-corrected chi connectivity index (χ0v) is 21.9. The van der Waals surface area contributed by atoms with Crippen molar-refractivity contribution in [2.75, 3.05) is 43.5 Å². The lowest BCUT2D eigenvalue weighted by atomic mass is 10.2. The Kier molecular flexibility index (Phi) is 8.88. The molecule has 0 spiro atoms. The summed E-state index contributed by atoms with van der Waals surface area (Å²) in [7, 11) is 1.51. The van der Waals surface area contributed by atoms with Crippen molar-refractivity contribution in [3.8, 4) is 5.75 Å². The topological polar surface area (TPSA) is 61.9 Å². The van der Waals surface area contributed by atoms with Gasteiger partial charge in [-0.25, -0.2) is 0 Å². The maximum Gasteiger partial charge on any atom is 0.248 e.